The van der Waals surface area contributed by atoms with E-state index in [1.807, 2.05) is 0 Å². The van der Waals surface area contributed by atoms with Crippen molar-refractivity contribution in [2.45, 2.75) is 25.8 Å². The highest BCUT2D eigenvalue weighted by Gasteiger charge is 2.21. The fourth-order valence-electron chi connectivity index (χ4n) is 1.12. The highest BCUT2D eigenvalue weighted by molar-refractivity contribution is 7.13. The first-order valence-electron chi connectivity index (χ1n) is 4.06. The zero-order valence-corrected chi connectivity index (χ0v) is 7.79. The average Bonchev–Trinajstić information content (AvgIpc) is 1.85. The minimum Gasteiger partial charge on any atom is -0.311 e. The number of rotatable bonds is 4. The summed E-state index contributed by atoms with van der Waals surface area (Å²) in [5, 5.41) is 3.50. The monoisotopic (exact) mass is 160 g/mol. The maximum absolute atomic E-state index is 3.50. The predicted octanol–water partition coefficient (Wildman–Crippen LogP) is 0.850. The molecule has 1 heterocycles. The van der Waals surface area contributed by atoms with E-state index in [0.717, 1.165) is 6.04 Å². The second-order valence-corrected chi connectivity index (χ2v) is 3.69. The van der Waals surface area contributed by atoms with Crippen LogP contribution in [0.25, 0.3) is 0 Å². The Morgan fingerprint density at radius 2 is 2.30 bits per heavy atom. The molecular weight excluding hydrogens is 143 g/mol. The summed E-state index contributed by atoms with van der Waals surface area (Å²) in [7, 11) is 2.71. The second kappa shape index (κ2) is 4.27. The van der Waals surface area contributed by atoms with Gasteiger partial charge in [-0.3, -0.25) is 4.67 Å². The third kappa shape index (κ3) is 2.53. The van der Waals surface area contributed by atoms with Gasteiger partial charge in [-0.1, -0.05) is 22.7 Å². The van der Waals surface area contributed by atoms with Gasteiger partial charge >= 0.3 is 0 Å². The van der Waals surface area contributed by atoms with Gasteiger partial charge in [0.2, 0.25) is 0 Å². The molecule has 2 nitrogen and oxygen atoms in total. The molecule has 1 fully saturated rings. The Morgan fingerprint density at radius 1 is 1.60 bits per heavy atom. The molecule has 1 unspecified atom stereocenters. The zero-order chi connectivity index (χ0) is 7.40. The quantitative estimate of drug-likeness (QED) is 0.484. The molecule has 3 heteroatoms. The number of unbranched alkanes of at least 4 members (excludes halogenated alkanes) is 1. The number of hydrogen-bond donors (Lipinski definition) is 1. The normalized spacial score (nSPS) is 21.0. The van der Waals surface area contributed by atoms with Gasteiger partial charge in [-0.25, -0.2) is 0 Å². The van der Waals surface area contributed by atoms with Gasteiger partial charge in [0, 0.05) is 19.1 Å². The van der Waals surface area contributed by atoms with Crippen molar-refractivity contribution in [3.05, 3.63) is 0 Å². The van der Waals surface area contributed by atoms with E-state index in [4.69, 9.17) is 0 Å². The highest BCUT2D eigenvalue weighted by atomic mass is 31.0. The van der Waals surface area contributed by atoms with Gasteiger partial charge in [0.05, 0.1) is 0 Å². The van der Waals surface area contributed by atoms with Gasteiger partial charge < -0.3 is 5.32 Å². The molecule has 1 aliphatic rings. The lowest BCUT2D eigenvalue weighted by Gasteiger charge is -2.36. The fraction of sp³-hybridized carbons (Fsp3) is 1.00. The van der Waals surface area contributed by atoms with Gasteiger partial charge in [-0.05, 0) is 13.0 Å². The molecule has 60 valence electrons. The van der Waals surface area contributed by atoms with Crippen LogP contribution in [0.3, 0.4) is 0 Å². The van der Waals surface area contributed by atoms with Gasteiger partial charge in [0.25, 0.3) is 0 Å². The minimum absolute atomic E-state index is 0.768. The molecule has 0 saturated carbocycles. The largest absolute Gasteiger partial charge is 0.311 e. The molecule has 0 spiro atoms. The van der Waals surface area contributed by atoms with Crippen molar-refractivity contribution < 1.29 is 0 Å². The summed E-state index contributed by atoms with van der Waals surface area (Å²) in [6.45, 7) is 5.83. The summed E-state index contributed by atoms with van der Waals surface area (Å²) in [6, 6.07) is 0.768. The smallest absolute Gasteiger partial charge is 0.0328 e. The average molecular weight is 160 g/mol. The molecule has 0 aromatic heterocycles. The van der Waals surface area contributed by atoms with E-state index >= 15 is 0 Å². The van der Waals surface area contributed by atoms with Crippen LogP contribution in [0.2, 0.25) is 0 Å². The van der Waals surface area contributed by atoms with Crippen LogP contribution < -0.4 is 5.32 Å². The van der Waals surface area contributed by atoms with E-state index in [9.17, 15) is 0 Å². The summed E-state index contributed by atoms with van der Waals surface area (Å²) in [5.74, 6) is 0. The molecule has 0 amide bonds. The van der Waals surface area contributed by atoms with Gasteiger partial charge in [0.1, 0.15) is 0 Å². The molecule has 0 aromatic rings. The van der Waals surface area contributed by atoms with E-state index in [2.05, 4.69) is 26.3 Å². The Hall–Kier alpha value is 0.350. The highest BCUT2D eigenvalue weighted by Crippen LogP contribution is 2.11. The van der Waals surface area contributed by atoms with Crippen LogP contribution in [-0.2, 0) is 0 Å². The van der Waals surface area contributed by atoms with Crippen LogP contribution >= 0.6 is 9.39 Å². The number of nitrogens with one attached hydrogen (secondary N) is 1. The van der Waals surface area contributed by atoms with Crippen LogP contribution in [0.5, 0.6) is 0 Å². The minimum atomic E-state index is 0.768. The van der Waals surface area contributed by atoms with Crippen molar-refractivity contribution in [2.75, 3.05) is 19.6 Å². The van der Waals surface area contributed by atoms with E-state index < -0.39 is 0 Å². The molecule has 1 aliphatic heterocycles. The van der Waals surface area contributed by atoms with E-state index in [0.29, 0.717) is 0 Å². The topological polar surface area (TPSA) is 15.3 Å². The number of nitrogens with zero attached hydrogens (tertiary/aromatic N) is 1. The van der Waals surface area contributed by atoms with Gasteiger partial charge in [-0.15, -0.1) is 0 Å². The summed E-state index contributed by atoms with van der Waals surface area (Å²) in [4.78, 5) is 0. The first kappa shape index (κ1) is 8.45. The third-order valence-electron chi connectivity index (χ3n) is 1.87. The molecule has 1 N–H and O–H groups in total. The Labute approximate surface area is 65.6 Å². The van der Waals surface area contributed by atoms with Crippen molar-refractivity contribution >= 4 is 9.39 Å². The van der Waals surface area contributed by atoms with Crippen molar-refractivity contribution in [3.8, 4) is 0 Å². The van der Waals surface area contributed by atoms with Gasteiger partial charge in [0.15, 0.2) is 0 Å². The van der Waals surface area contributed by atoms with Crippen LogP contribution in [0.4, 0.5) is 0 Å². The van der Waals surface area contributed by atoms with Gasteiger partial charge in [-0.2, -0.15) is 0 Å². The molecule has 0 bridgehead atoms. The maximum atomic E-state index is 3.50. The Bertz CT molecular complexity index is 91.6. The molecular formula is C7H17N2P. The molecule has 0 aromatic carbocycles. The molecule has 1 atom stereocenters. The Kier molecular flexibility index (Phi) is 3.61. The summed E-state index contributed by atoms with van der Waals surface area (Å²) < 4.78 is 2.25. The van der Waals surface area contributed by atoms with Crippen LogP contribution in [0.1, 0.15) is 19.8 Å². The van der Waals surface area contributed by atoms with Crippen molar-refractivity contribution in [3.63, 3.8) is 0 Å². The van der Waals surface area contributed by atoms with Crippen molar-refractivity contribution in [2.24, 2.45) is 0 Å². The fourth-order valence-corrected chi connectivity index (χ4v) is 1.63. The predicted molar refractivity (Wildman–Crippen MR) is 48.0 cm³/mol. The Morgan fingerprint density at radius 3 is 2.80 bits per heavy atom. The van der Waals surface area contributed by atoms with Crippen LogP contribution in [0.15, 0.2) is 0 Å². The summed E-state index contributed by atoms with van der Waals surface area (Å²) in [5.41, 5.74) is 0. The third-order valence-corrected chi connectivity index (χ3v) is 2.29. The van der Waals surface area contributed by atoms with E-state index in [-0.39, 0.29) is 0 Å². The van der Waals surface area contributed by atoms with Crippen LogP contribution in [0, 0.1) is 0 Å². The lowest BCUT2D eigenvalue weighted by molar-refractivity contribution is 0.245. The lowest BCUT2D eigenvalue weighted by Crippen LogP contribution is -2.53. The SMILES string of the molecule is CCCCNC1CN(P)C1. The number of hydrogen-bond acceptors (Lipinski definition) is 2. The van der Waals surface area contributed by atoms with E-state index in [1.165, 1.54) is 32.5 Å². The first-order chi connectivity index (χ1) is 4.83. The molecule has 0 radical (unpaired) electrons. The first-order valence-corrected chi connectivity index (χ1v) is 4.57. The Balaban J connectivity index is 1.86. The summed E-state index contributed by atoms with van der Waals surface area (Å²) >= 11 is 0. The molecule has 0 aliphatic carbocycles. The maximum Gasteiger partial charge on any atom is 0.0328 e. The zero-order valence-electron chi connectivity index (χ0n) is 6.64. The van der Waals surface area contributed by atoms with Crippen molar-refractivity contribution in [1.29, 1.82) is 0 Å². The molecule has 1 rings (SSSR count). The lowest BCUT2D eigenvalue weighted by atomic mass is 10.2. The van der Waals surface area contributed by atoms with Crippen LogP contribution in [-0.4, -0.2) is 30.3 Å². The molecule has 1 saturated heterocycles. The standard InChI is InChI=1S/C7H17N2P/c1-2-3-4-8-7-5-9(10)6-7/h7-8H,2-6,10H2,1H3. The summed E-state index contributed by atoms with van der Waals surface area (Å²) in [6.07, 6.45) is 2.61. The molecule has 10 heavy (non-hydrogen) atoms. The van der Waals surface area contributed by atoms with Crippen molar-refractivity contribution in [1.82, 2.24) is 9.99 Å². The van der Waals surface area contributed by atoms with E-state index in [1.54, 1.807) is 0 Å². The second-order valence-electron chi connectivity index (χ2n) is 2.96.